The van der Waals surface area contributed by atoms with Crippen LogP contribution in [-0.4, -0.2) is 40.4 Å². The molecule has 0 amide bonds. The Morgan fingerprint density at radius 1 is 0.929 bits per heavy atom. The molecule has 0 bridgehead atoms. The summed E-state index contributed by atoms with van der Waals surface area (Å²) in [6, 6.07) is 12.4. The van der Waals surface area contributed by atoms with E-state index >= 15 is 0 Å². The predicted molar refractivity (Wildman–Crippen MR) is 113 cm³/mol. The maximum Gasteiger partial charge on any atom is 0.191 e. The van der Waals surface area contributed by atoms with Gasteiger partial charge in [0.25, 0.3) is 0 Å². The second-order valence-electron chi connectivity index (χ2n) is 6.59. The summed E-state index contributed by atoms with van der Waals surface area (Å²) in [7, 11) is 5.11. The SMILES string of the molecule is CN=C(NCc1cc(C)cc(OC)c1)NCc1ccc(C)cc1OCCOC. The highest BCUT2D eigenvalue weighted by Crippen LogP contribution is 2.20. The van der Waals surface area contributed by atoms with Gasteiger partial charge in [-0.3, -0.25) is 4.99 Å². The maximum absolute atomic E-state index is 5.85. The summed E-state index contributed by atoms with van der Waals surface area (Å²) in [5.74, 6) is 2.45. The second-order valence-corrected chi connectivity index (χ2v) is 6.59. The van der Waals surface area contributed by atoms with Crippen LogP contribution in [0, 0.1) is 13.8 Å². The summed E-state index contributed by atoms with van der Waals surface area (Å²) in [6.07, 6.45) is 0. The molecule has 2 aromatic carbocycles. The van der Waals surface area contributed by atoms with Crippen molar-refractivity contribution in [2.75, 3.05) is 34.5 Å². The van der Waals surface area contributed by atoms with Crippen LogP contribution >= 0.6 is 0 Å². The van der Waals surface area contributed by atoms with Crippen molar-refractivity contribution in [1.82, 2.24) is 10.6 Å². The molecule has 2 aromatic rings. The van der Waals surface area contributed by atoms with Gasteiger partial charge in [-0.15, -0.1) is 0 Å². The van der Waals surface area contributed by atoms with E-state index in [4.69, 9.17) is 14.2 Å². The predicted octanol–water partition coefficient (Wildman–Crippen LogP) is 3.20. The summed E-state index contributed by atoms with van der Waals surface area (Å²) in [5.41, 5.74) is 4.53. The number of aliphatic imine (C=N–C) groups is 1. The molecule has 0 saturated heterocycles. The molecule has 6 nitrogen and oxygen atoms in total. The molecule has 0 aliphatic carbocycles. The molecule has 152 valence electrons. The van der Waals surface area contributed by atoms with E-state index in [2.05, 4.69) is 47.7 Å². The van der Waals surface area contributed by atoms with E-state index in [0.29, 0.717) is 26.3 Å². The van der Waals surface area contributed by atoms with Crippen molar-refractivity contribution in [2.24, 2.45) is 4.99 Å². The van der Waals surface area contributed by atoms with Gasteiger partial charge in [0, 0.05) is 32.8 Å². The molecule has 2 N–H and O–H groups in total. The van der Waals surface area contributed by atoms with E-state index in [-0.39, 0.29) is 0 Å². The zero-order valence-corrected chi connectivity index (χ0v) is 17.5. The normalized spacial score (nSPS) is 11.2. The summed E-state index contributed by atoms with van der Waals surface area (Å²) < 4.78 is 16.3. The van der Waals surface area contributed by atoms with Crippen molar-refractivity contribution < 1.29 is 14.2 Å². The first-order valence-electron chi connectivity index (χ1n) is 9.36. The fourth-order valence-corrected chi connectivity index (χ4v) is 2.81. The zero-order valence-electron chi connectivity index (χ0n) is 17.5. The highest BCUT2D eigenvalue weighted by molar-refractivity contribution is 5.79. The van der Waals surface area contributed by atoms with E-state index in [1.807, 2.05) is 18.2 Å². The van der Waals surface area contributed by atoms with Crippen molar-refractivity contribution in [1.29, 1.82) is 0 Å². The molecule has 0 heterocycles. The Kier molecular flexibility index (Phi) is 8.62. The molecule has 6 heteroatoms. The molecule has 28 heavy (non-hydrogen) atoms. The smallest absolute Gasteiger partial charge is 0.191 e. The molecule has 0 atom stereocenters. The first kappa shape index (κ1) is 21.6. The van der Waals surface area contributed by atoms with Gasteiger partial charge >= 0.3 is 0 Å². The minimum Gasteiger partial charge on any atom is -0.497 e. The molecule has 0 unspecified atom stereocenters. The first-order chi connectivity index (χ1) is 13.5. The van der Waals surface area contributed by atoms with Crippen molar-refractivity contribution >= 4 is 5.96 Å². The van der Waals surface area contributed by atoms with Crippen LogP contribution in [0.25, 0.3) is 0 Å². The molecule has 0 fully saturated rings. The summed E-state index contributed by atoms with van der Waals surface area (Å²) >= 11 is 0. The van der Waals surface area contributed by atoms with Gasteiger partial charge in [0.1, 0.15) is 18.1 Å². The van der Waals surface area contributed by atoms with Crippen molar-refractivity contribution in [2.45, 2.75) is 26.9 Å². The van der Waals surface area contributed by atoms with Gasteiger partial charge in [-0.1, -0.05) is 18.2 Å². The largest absolute Gasteiger partial charge is 0.497 e. The van der Waals surface area contributed by atoms with Gasteiger partial charge in [-0.2, -0.15) is 0 Å². The average molecular weight is 386 g/mol. The van der Waals surface area contributed by atoms with Crippen LogP contribution in [-0.2, 0) is 17.8 Å². The van der Waals surface area contributed by atoms with Crippen LogP contribution < -0.4 is 20.1 Å². The van der Waals surface area contributed by atoms with Gasteiger partial charge in [0.05, 0.1) is 13.7 Å². The van der Waals surface area contributed by atoms with Gasteiger partial charge in [-0.05, 0) is 48.7 Å². The number of methoxy groups -OCH3 is 2. The molecule has 0 saturated carbocycles. The van der Waals surface area contributed by atoms with Crippen LogP contribution in [0.4, 0.5) is 0 Å². The average Bonchev–Trinajstić information content (AvgIpc) is 2.69. The molecular formula is C22H31N3O3. The number of ether oxygens (including phenoxy) is 3. The van der Waals surface area contributed by atoms with E-state index in [0.717, 1.165) is 39.7 Å². The quantitative estimate of drug-likeness (QED) is 0.394. The van der Waals surface area contributed by atoms with Crippen LogP contribution in [0.2, 0.25) is 0 Å². The number of rotatable bonds is 9. The fraction of sp³-hybridized carbons (Fsp3) is 0.409. The van der Waals surface area contributed by atoms with E-state index in [1.54, 1.807) is 21.3 Å². The molecular weight excluding hydrogens is 354 g/mol. The lowest BCUT2D eigenvalue weighted by atomic mass is 10.1. The molecule has 0 aromatic heterocycles. The number of nitrogens with one attached hydrogen (secondary N) is 2. The molecule has 0 radical (unpaired) electrons. The van der Waals surface area contributed by atoms with Crippen LogP contribution in [0.5, 0.6) is 11.5 Å². The Morgan fingerprint density at radius 3 is 2.43 bits per heavy atom. The van der Waals surface area contributed by atoms with Crippen LogP contribution in [0.3, 0.4) is 0 Å². The first-order valence-corrected chi connectivity index (χ1v) is 9.36. The van der Waals surface area contributed by atoms with E-state index in [9.17, 15) is 0 Å². The molecule has 2 rings (SSSR count). The van der Waals surface area contributed by atoms with Gasteiger partial charge in [-0.25, -0.2) is 0 Å². The van der Waals surface area contributed by atoms with Gasteiger partial charge < -0.3 is 24.8 Å². The highest BCUT2D eigenvalue weighted by atomic mass is 16.5. The number of nitrogens with zero attached hydrogens (tertiary/aromatic N) is 1. The lowest BCUT2D eigenvalue weighted by Gasteiger charge is -2.16. The van der Waals surface area contributed by atoms with Crippen molar-refractivity contribution in [3.05, 3.63) is 58.7 Å². The Morgan fingerprint density at radius 2 is 1.71 bits per heavy atom. The fourth-order valence-electron chi connectivity index (χ4n) is 2.81. The lowest BCUT2D eigenvalue weighted by molar-refractivity contribution is 0.145. The van der Waals surface area contributed by atoms with Crippen LogP contribution in [0.15, 0.2) is 41.4 Å². The monoisotopic (exact) mass is 385 g/mol. The van der Waals surface area contributed by atoms with Crippen molar-refractivity contribution in [3.8, 4) is 11.5 Å². The van der Waals surface area contributed by atoms with Crippen molar-refractivity contribution in [3.63, 3.8) is 0 Å². The third-order valence-corrected chi connectivity index (χ3v) is 4.24. The number of hydrogen-bond acceptors (Lipinski definition) is 4. The van der Waals surface area contributed by atoms with Gasteiger partial charge in [0.2, 0.25) is 0 Å². The zero-order chi connectivity index (χ0) is 20.4. The molecule has 0 aliphatic rings. The van der Waals surface area contributed by atoms with Crippen LogP contribution in [0.1, 0.15) is 22.3 Å². The molecule has 0 aliphatic heterocycles. The molecule has 0 spiro atoms. The maximum atomic E-state index is 5.85. The van der Waals surface area contributed by atoms with Gasteiger partial charge in [0.15, 0.2) is 5.96 Å². The third kappa shape index (κ3) is 6.78. The topological polar surface area (TPSA) is 64.1 Å². The Balaban J connectivity index is 1.96. The third-order valence-electron chi connectivity index (χ3n) is 4.24. The number of hydrogen-bond donors (Lipinski definition) is 2. The minimum absolute atomic E-state index is 0.523. The Labute approximate surface area is 167 Å². The lowest BCUT2D eigenvalue weighted by Crippen LogP contribution is -2.36. The summed E-state index contributed by atoms with van der Waals surface area (Å²) in [6.45, 7) is 6.46. The number of guanidine groups is 1. The standard InChI is InChI=1S/C22H31N3O3/c1-16-6-7-19(21(12-16)28-9-8-26-4)15-25-22(23-3)24-14-18-10-17(2)11-20(13-18)27-5/h6-7,10-13H,8-9,14-15H2,1-5H3,(H2,23,24,25). The Hall–Kier alpha value is -2.73. The minimum atomic E-state index is 0.523. The second kappa shape index (κ2) is 11.2. The van der Waals surface area contributed by atoms with E-state index < -0.39 is 0 Å². The summed E-state index contributed by atoms with van der Waals surface area (Å²) in [5, 5.41) is 6.69. The highest BCUT2D eigenvalue weighted by Gasteiger charge is 2.07. The number of benzene rings is 2. The van der Waals surface area contributed by atoms with E-state index in [1.165, 1.54) is 0 Å². The Bertz CT molecular complexity index is 791. The summed E-state index contributed by atoms with van der Waals surface area (Å²) in [4.78, 5) is 4.31. The number of aryl methyl sites for hydroxylation is 2.